The van der Waals surface area contributed by atoms with Crippen molar-refractivity contribution in [1.29, 1.82) is 10.5 Å². The first-order valence-corrected chi connectivity index (χ1v) is 7.51. The summed E-state index contributed by atoms with van der Waals surface area (Å²) in [4.78, 5) is 0. The zero-order valence-corrected chi connectivity index (χ0v) is 13.7. The highest BCUT2D eigenvalue weighted by molar-refractivity contribution is 5.64. The van der Waals surface area contributed by atoms with Crippen LogP contribution in [0.15, 0.2) is 70.9 Å². The van der Waals surface area contributed by atoms with Crippen molar-refractivity contribution in [2.24, 2.45) is 0 Å². The van der Waals surface area contributed by atoms with E-state index in [0.717, 1.165) is 5.56 Å². The summed E-state index contributed by atoms with van der Waals surface area (Å²) in [5, 5.41) is 18.1. The minimum atomic E-state index is 0.0359. The van der Waals surface area contributed by atoms with Gasteiger partial charge in [0.05, 0.1) is 7.11 Å². The summed E-state index contributed by atoms with van der Waals surface area (Å²) in [5.74, 6) is 3.05. The standard InChI is InChI=1S/C20H14N2O3/c1-13-7-15(16(11-21)12-22)8-19(24-13)9-18-6-4-14-3-5-17(23-2)10-20(14)25-18/h3-10H,1-2H3. The van der Waals surface area contributed by atoms with Gasteiger partial charge in [-0.1, -0.05) is 0 Å². The van der Waals surface area contributed by atoms with Crippen LogP contribution in [0.5, 0.6) is 11.5 Å². The quantitative estimate of drug-likeness (QED) is 0.762. The Hall–Kier alpha value is -3.70. The molecule has 1 aromatic carbocycles. The average molecular weight is 330 g/mol. The highest BCUT2D eigenvalue weighted by Gasteiger charge is 2.14. The number of rotatable bonds is 2. The molecule has 5 nitrogen and oxygen atoms in total. The van der Waals surface area contributed by atoms with Crippen molar-refractivity contribution in [3.8, 4) is 23.6 Å². The van der Waals surface area contributed by atoms with Gasteiger partial charge >= 0.3 is 0 Å². The molecule has 2 heterocycles. The third-order valence-electron chi connectivity index (χ3n) is 3.61. The van der Waals surface area contributed by atoms with Crippen LogP contribution < -0.4 is 9.47 Å². The van der Waals surface area contributed by atoms with Gasteiger partial charge in [0.2, 0.25) is 0 Å². The van der Waals surface area contributed by atoms with E-state index >= 15 is 0 Å². The van der Waals surface area contributed by atoms with Crippen LogP contribution in [-0.4, -0.2) is 7.11 Å². The number of nitriles is 2. The summed E-state index contributed by atoms with van der Waals surface area (Å²) in [6.07, 6.45) is 8.76. The molecule has 0 radical (unpaired) electrons. The second-order valence-corrected chi connectivity index (χ2v) is 5.34. The molecule has 0 fully saturated rings. The molecule has 0 bridgehead atoms. The number of hydrogen-bond acceptors (Lipinski definition) is 5. The SMILES string of the molecule is COc1ccc2c(c1)OC(=CC1=CC(=C(C#N)C#N)C=C(C)O1)C=C2. The lowest BCUT2D eigenvalue weighted by atomic mass is 10.1. The van der Waals surface area contributed by atoms with Crippen LogP contribution in [0.4, 0.5) is 0 Å². The first-order valence-electron chi connectivity index (χ1n) is 7.51. The molecule has 0 N–H and O–H groups in total. The Morgan fingerprint density at radius 1 is 1.12 bits per heavy atom. The molecule has 0 unspecified atom stereocenters. The number of methoxy groups -OCH3 is 1. The third kappa shape index (κ3) is 3.46. The van der Waals surface area contributed by atoms with Crippen molar-refractivity contribution in [3.05, 3.63) is 76.5 Å². The van der Waals surface area contributed by atoms with Crippen LogP contribution in [0.25, 0.3) is 6.08 Å². The van der Waals surface area contributed by atoms with Crippen molar-refractivity contribution in [3.63, 3.8) is 0 Å². The molecular weight excluding hydrogens is 316 g/mol. The van der Waals surface area contributed by atoms with Crippen molar-refractivity contribution in [1.82, 2.24) is 0 Å². The summed E-state index contributed by atoms with van der Waals surface area (Å²) in [5.41, 5.74) is 1.50. The fourth-order valence-electron chi connectivity index (χ4n) is 2.45. The van der Waals surface area contributed by atoms with Gasteiger partial charge in [0.1, 0.15) is 46.5 Å². The Morgan fingerprint density at radius 2 is 1.92 bits per heavy atom. The lowest BCUT2D eigenvalue weighted by Crippen LogP contribution is -2.03. The predicted octanol–water partition coefficient (Wildman–Crippen LogP) is 4.15. The Bertz CT molecular complexity index is 948. The van der Waals surface area contributed by atoms with E-state index in [-0.39, 0.29) is 5.57 Å². The Kier molecular flexibility index (Phi) is 4.41. The van der Waals surface area contributed by atoms with Crippen LogP contribution in [-0.2, 0) is 4.74 Å². The molecule has 0 spiro atoms. The lowest BCUT2D eigenvalue weighted by Gasteiger charge is -2.17. The van der Waals surface area contributed by atoms with E-state index in [4.69, 9.17) is 24.7 Å². The summed E-state index contributed by atoms with van der Waals surface area (Å²) in [7, 11) is 1.60. The highest BCUT2D eigenvalue weighted by atomic mass is 16.5. The first kappa shape index (κ1) is 16.2. The fraction of sp³-hybridized carbons (Fsp3) is 0.100. The van der Waals surface area contributed by atoms with E-state index in [1.807, 2.05) is 42.5 Å². The topological polar surface area (TPSA) is 75.3 Å². The molecule has 0 saturated carbocycles. The minimum absolute atomic E-state index is 0.0359. The molecular formula is C20H14N2O3. The minimum Gasteiger partial charge on any atom is -0.497 e. The zero-order chi connectivity index (χ0) is 17.8. The van der Waals surface area contributed by atoms with Gasteiger partial charge in [-0.25, -0.2) is 0 Å². The van der Waals surface area contributed by atoms with E-state index in [9.17, 15) is 0 Å². The van der Waals surface area contributed by atoms with E-state index in [0.29, 0.717) is 34.3 Å². The monoisotopic (exact) mass is 330 g/mol. The summed E-state index contributed by atoms with van der Waals surface area (Å²) < 4.78 is 16.7. The van der Waals surface area contributed by atoms with Crippen molar-refractivity contribution < 1.29 is 14.2 Å². The van der Waals surface area contributed by atoms with Crippen molar-refractivity contribution in [2.45, 2.75) is 6.92 Å². The fourth-order valence-corrected chi connectivity index (χ4v) is 2.45. The second kappa shape index (κ2) is 6.82. The molecule has 0 saturated heterocycles. The summed E-state index contributed by atoms with van der Waals surface area (Å²) in [6, 6.07) is 9.36. The van der Waals surface area contributed by atoms with Crippen LogP contribution >= 0.6 is 0 Å². The van der Waals surface area contributed by atoms with Gasteiger partial charge < -0.3 is 14.2 Å². The smallest absolute Gasteiger partial charge is 0.138 e. The van der Waals surface area contributed by atoms with E-state index in [1.54, 1.807) is 32.3 Å². The van der Waals surface area contributed by atoms with Gasteiger partial charge in [0.15, 0.2) is 0 Å². The maximum absolute atomic E-state index is 9.04. The molecule has 25 heavy (non-hydrogen) atoms. The number of ether oxygens (including phenoxy) is 3. The molecule has 0 amide bonds. The van der Waals surface area contributed by atoms with Crippen molar-refractivity contribution in [2.75, 3.05) is 7.11 Å². The zero-order valence-electron chi connectivity index (χ0n) is 13.7. The van der Waals surface area contributed by atoms with E-state index < -0.39 is 0 Å². The Labute approximate surface area is 145 Å². The molecule has 3 rings (SSSR count). The molecule has 1 aromatic rings. The largest absolute Gasteiger partial charge is 0.497 e. The molecule has 5 heteroatoms. The van der Waals surface area contributed by atoms with Crippen molar-refractivity contribution >= 4 is 6.08 Å². The normalized spacial score (nSPS) is 16.5. The third-order valence-corrected chi connectivity index (χ3v) is 3.61. The number of nitrogens with zero attached hydrogens (tertiary/aromatic N) is 2. The maximum atomic E-state index is 9.04. The maximum Gasteiger partial charge on any atom is 0.138 e. The summed E-state index contributed by atoms with van der Waals surface area (Å²) in [6.45, 7) is 1.76. The van der Waals surface area contributed by atoms with Crippen LogP contribution in [0.3, 0.4) is 0 Å². The van der Waals surface area contributed by atoms with Crippen LogP contribution in [0.1, 0.15) is 12.5 Å². The molecule has 0 aliphatic carbocycles. The number of benzene rings is 1. The van der Waals surface area contributed by atoms with Crippen LogP contribution in [0.2, 0.25) is 0 Å². The highest BCUT2D eigenvalue weighted by Crippen LogP contribution is 2.32. The van der Waals surface area contributed by atoms with Crippen LogP contribution in [0, 0.1) is 22.7 Å². The van der Waals surface area contributed by atoms with E-state index in [1.165, 1.54) is 0 Å². The molecule has 0 atom stereocenters. The molecule has 0 aromatic heterocycles. The first-order chi connectivity index (χ1) is 12.1. The Morgan fingerprint density at radius 3 is 2.64 bits per heavy atom. The van der Waals surface area contributed by atoms with Gasteiger partial charge in [-0.15, -0.1) is 0 Å². The number of allylic oxidation sites excluding steroid dienone is 7. The van der Waals surface area contributed by atoms with Gasteiger partial charge in [-0.2, -0.15) is 10.5 Å². The Balaban J connectivity index is 1.93. The van der Waals surface area contributed by atoms with E-state index in [2.05, 4.69) is 0 Å². The summed E-state index contributed by atoms with van der Waals surface area (Å²) >= 11 is 0. The van der Waals surface area contributed by atoms with Gasteiger partial charge in [-0.3, -0.25) is 0 Å². The second-order valence-electron chi connectivity index (χ2n) is 5.34. The lowest BCUT2D eigenvalue weighted by molar-refractivity contribution is 0.313. The average Bonchev–Trinajstić information content (AvgIpc) is 2.61. The van der Waals surface area contributed by atoms with Gasteiger partial charge in [0.25, 0.3) is 0 Å². The van der Waals surface area contributed by atoms with Gasteiger partial charge in [0, 0.05) is 23.3 Å². The molecule has 122 valence electrons. The predicted molar refractivity (Wildman–Crippen MR) is 91.9 cm³/mol. The molecule has 2 aliphatic heterocycles. The number of fused-ring (bicyclic) bond motifs is 1. The number of hydrogen-bond donors (Lipinski definition) is 0. The molecule has 2 aliphatic rings. The van der Waals surface area contributed by atoms with Gasteiger partial charge in [-0.05, 0) is 43.4 Å².